The van der Waals surface area contributed by atoms with Crippen LogP contribution in [0.3, 0.4) is 0 Å². The van der Waals surface area contributed by atoms with E-state index in [1.54, 1.807) is 13.3 Å². The number of benzene rings is 1. The first-order chi connectivity index (χ1) is 12.7. The molecule has 2 rings (SSSR count). The van der Waals surface area contributed by atoms with Crippen molar-refractivity contribution in [1.82, 2.24) is 4.98 Å². The summed E-state index contributed by atoms with van der Waals surface area (Å²) >= 11 is 0. The van der Waals surface area contributed by atoms with E-state index in [2.05, 4.69) is 15.6 Å². The van der Waals surface area contributed by atoms with Gasteiger partial charge in [-0.15, -0.1) is 0 Å². The lowest BCUT2D eigenvalue weighted by molar-refractivity contribution is 0.172. The molecule has 1 heterocycles. The molecule has 0 spiro atoms. The van der Waals surface area contributed by atoms with E-state index in [-0.39, 0.29) is 0 Å². The molecule has 0 aliphatic rings. The molecule has 26 heavy (non-hydrogen) atoms. The van der Waals surface area contributed by atoms with Gasteiger partial charge in [0, 0.05) is 49.7 Å². The van der Waals surface area contributed by atoms with Crippen molar-refractivity contribution in [2.75, 3.05) is 43.9 Å². The fraction of sp³-hybridized carbons (Fsp3) is 0.421. The van der Waals surface area contributed by atoms with Gasteiger partial charge in [0.1, 0.15) is 5.75 Å². The molecule has 6 nitrogen and oxygen atoms in total. The molecule has 0 amide bonds. The number of para-hydroxylation sites is 2. The van der Waals surface area contributed by atoms with Crippen LogP contribution >= 0.6 is 0 Å². The number of ether oxygens (including phenoxy) is 2. The average Bonchev–Trinajstić information content (AvgIpc) is 2.66. The Morgan fingerprint density at radius 1 is 1.15 bits per heavy atom. The molecule has 142 valence electrons. The highest BCUT2D eigenvalue weighted by molar-refractivity contribution is 7.84. The van der Waals surface area contributed by atoms with Crippen LogP contribution in [0.2, 0.25) is 0 Å². The molecular formula is C19H27N3O3S. The number of hydrogen-bond donors (Lipinski definition) is 2. The van der Waals surface area contributed by atoms with Crippen LogP contribution < -0.4 is 15.4 Å². The topological polar surface area (TPSA) is 72.5 Å². The van der Waals surface area contributed by atoms with Gasteiger partial charge in [-0.05, 0) is 25.1 Å². The van der Waals surface area contributed by atoms with E-state index < -0.39 is 10.8 Å². The molecule has 2 N–H and O–H groups in total. The zero-order valence-corrected chi connectivity index (χ0v) is 16.4. The molecule has 0 bridgehead atoms. The minimum atomic E-state index is -1.09. The van der Waals surface area contributed by atoms with Crippen LogP contribution in [0.5, 0.6) is 5.75 Å². The van der Waals surface area contributed by atoms with Crippen molar-refractivity contribution >= 4 is 22.2 Å². The zero-order chi connectivity index (χ0) is 18.8. The Labute approximate surface area is 157 Å². The first-order valence-electron chi connectivity index (χ1n) is 8.57. The molecule has 1 aromatic heterocycles. The predicted molar refractivity (Wildman–Crippen MR) is 107 cm³/mol. The second-order valence-electron chi connectivity index (χ2n) is 5.78. The van der Waals surface area contributed by atoms with Gasteiger partial charge in [-0.3, -0.25) is 9.19 Å². The maximum Gasteiger partial charge on any atom is 0.125 e. The van der Waals surface area contributed by atoms with Crippen LogP contribution in [0.25, 0.3) is 0 Å². The molecule has 0 saturated heterocycles. The molecule has 7 heteroatoms. The van der Waals surface area contributed by atoms with Crippen molar-refractivity contribution in [3.05, 3.63) is 47.8 Å². The van der Waals surface area contributed by atoms with Crippen LogP contribution in [-0.2, 0) is 21.3 Å². The SMILES string of the molecule is CNc1ccccc1NCS(=O)Cc1nccc(OCCCOC)c1C. The summed E-state index contributed by atoms with van der Waals surface area (Å²) in [6, 6.07) is 9.68. The highest BCUT2D eigenvalue weighted by Gasteiger charge is 2.11. The molecule has 0 saturated carbocycles. The average molecular weight is 378 g/mol. The quantitative estimate of drug-likeness (QED) is 0.586. The van der Waals surface area contributed by atoms with Gasteiger partial charge in [-0.25, -0.2) is 0 Å². The third-order valence-electron chi connectivity index (χ3n) is 3.93. The van der Waals surface area contributed by atoms with Crippen molar-refractivity contribution in [2.45, 2.75) is 19.1 Å². The highest BCUT2D eigenvalue weighted by atomic mass is 32.2. The van der Waals surface area contributed by atoms with Gasteiger partial charge < -0.3 is 20.1 Å². The normalized spacial score (nSPS) is 11.8. The van der Waals surface area contributed by atoms with Gasteiger partial charge in [-0.1, -0.05) is 12.1 Å². The minimum absolute atomic E-state index is 0.360. The lowest BCUT2D eigenvalue weighted by Crippen LogP contribution is -2.13. The van der Waals surface area contributed by atoms with Gasteiger partial charge in [0.15, 0.2) is 0 Å². The Kier molecular flexibility index (Phi) is 8.37. The summed E-state index contributed by atoms with van der Waals surface area (Å²) in [5.74, 6) is 1.53. The number of methoxy groups -OCH3 is 1. The fourth-order valence-electron chi connectivity index (χ4n) is 2.46. The number of anilines is 2. The Balaban J connectivity index is 1.92. The zero-order valence-electron chi connectivity index (χ0n) is 15.6. The minimum Gasteiger partial charge on any atom is -0.493 e. The molecule has 2 aromatic rings. The Hall–Kier alpha value is -2.12. The molecule has 0 radical (unpaired) electrons. The first kappa shape index (κ1) is 20.2. The lowest BCUT2D eigenvalue weighted by atomic mass is 10.2. The third kappa shape index (κ3) is 6.00. The van der Waals surface area contributed by atoms with Crippen LogP contribution in [-0.4, -0.2) is 42.4 Å². The smallest absolute Gasteiger partial charge is 0.125 e. The summed E-state index contributed by atoms with van der Waals surface area (Å²) in [7, 11) is 2.45. The maximum absolute atomic E-state index is 12.5. The Morgan fingerprint density at radius 3 is 2.65 bits per heavy atom. The lowest BCUT2D eigenvalue weighted by Gasteiger charge is -2.13. The summed E-state index contributed by atoms with van der Waals surface area (Å²) in [5.41, 5.74) is 3.65. The van der Waals surface area contributed by atoms with Crippen molar-refractivity contribution in [1.29, 1.82) is 0 Å². The number of pyridine rings is 1. The van der Waals surface area contributed by atoms with Crippen molar-refractivity contribution < 1.29 is 13.7 Å². The molecule has 0 aliphatic heterocycles. The molecule has 0 aliphatic carbocycles. The van der Waals surface area contributed by atoms with E-state index >= 15 is 0 Å². The standard InChI is InChI=1S/C19H27N3O3S/c1-15-18(21-10-9-19(15)25-12-6-11-24-3)13-26(23)14-22-17-8-5-4-7-16(17)20-2/h4-5,7-10,20,22H,6,11-14H2,1-3H3. The van der Waals surface area contributed by atoms with E-state index in [0.29, 0.717) is 24.8 Å². The summed E-state index contributed by atoms with van der Waals surface area (Å²) in [5, 5.41) is 6.35. The number of nitrogens with one attached hydrogen (secondary N) is 2. The maximum atomic E-state index is 12.5. The molecular weight excluding hydrogens is 350 g/mol. The number of nitrogens with zero attached hydrogens (tertiary/aromatic N) is 1. The van der Waals surface area contributed by atoms with Gasteiger partial charge >= 0.3 is 0 Å². The predicted octanol–water partition coefficient (Wildman–Crippen LogP) is 3.17. The largest absolute Gasteiger partial charge is 0.493 e. The summed E-state index contributed by atoms with van der Waals surface area (Å²) in [6.07, 6.45) is 2.53. The fourth-order valence-corrected chi connectivity index (χ4v) is 3.48. The van der Waals surface area contributed by atoms with Crippen molar-refractivity contribution in [3.63, 3.8) is 0 Å². The Morgan fingerprint density at radius 2 is 1.92 bits per heavy atom. The molecule has 1 atom stereocenters. The van der Waals surface area contributed by atoms with Crippen LogP contribution in [0.15, 0.2) is 36.5 Å². The van der Waals surface area contributed by atoms with Gasteiger partial charge in [0.05, 0.1) is 35.3 Å². The first-order valence-corrected chi connectivity index (χ1v) is 10.1. The van der Waals surface area contributed by atoms with E-state index in [1.807, 2.05) is 44.3 Å². The summed E-state index contributed by atoms with van der Waals surface area (Å²) < 4.78 is 23.3. The van der Waals surface area contributed by atoms with E-state index in [0.717, 1.165) is 34.8 Å². The second kappa shape index (κ2) is 10.8. The summed E-state index contributed by atoms with van der Waals surface area (Å²) in [6.45, 7) is 3.21. The van der Waals surface area contributed by atoms with E-state index in [4.69, 9.17) is 9.47 Å². The van der Waals surface area contributed by atoms with Crippen LogP contribution in [0.4, 0.5) is 11.4 Å². The van der Waals surface area contributed by atoms with Gasteiger partial charge in [0.2, 0.25) is 0 Å². The molecule has 1 aromatic carbocycles. The van der Waals surface area contributed by atoms with Gasteiger partial charge in [0.25, 0.3) is 0 Å². The van der Waals surface area contributed by atoms with Crippen molar-refractivity contribution in [3.8, 4) is 5.75 Å². The monoisotopic (exact) mass is 377 g/mol. The summed E-state index contributed by atoms with van der Waals surface area (Å²) in [4.78, 5) is 4.37. The number of rotatable bonds is 11. The van der Waals surface area contributed by atoms with Gasteiger partial charge in [-0.2, -0.15) is 0 Å². The Bertz CT molecular complexity index is 725. The highest BCUT2D eigenvalue weighted by Crippen LogP contribution is 2.22. The van der Waals surface area contributed by atoms with Crippen LogP contribution in [0.1, 0.15) is 17.7 Å². The van der Waals surface area contributed by atoms with E-state index in [1.165, 1.54) is 0 Å². The molecule has 0 fully saturated rings. The number of hydrogen-bond acceptors (Lipinski definition) is 6. The van der Waals surface area contributed by atoms with Crippen LogP contribution in [0, 0.1) is 6.92 Å². The molecule has 1 unspecified atom stereocenters. The third-order valence-corrected chi connectivity index (χ3v) is 4.99. The second-order valence-corrected chi connectivity index (χ2v) is 7.23. The van der Waals surface area contributed by atoms with E-state index in [9.17, 15) is 4.21 Å². The number of aromatic nitrogens is 1. The van der Waals surface area contributed by atoms with Crippen molar-refractivity contribution in [2.24, 2.45) is 0 Å².